The van der Waals surface area contributed by atoms with E-state index in [1.54, 1.807) is 5.06 Å². The predicted octanol–water partition coefficient (Wildman–Crippen LogP) is 3.39. The van der Waals surface area contributed by atoms with Gasteiger partial charge in [-0.25, -0.2) is 9.86 Å². The minimum Gasteiger partial charge on any atom is -0.351 e. The summed E-state index contributed by atoms with van der Waals surface area (Å²) in [7, 11) is 0. The molecule has 0 fully saturated rings. The Kier molecular flexibility index (Phi) is 5.78. The van der Waals surface area contributed by atoms with Crippen molar-refractivity contribution in [2.75, 3.05) is 18.3 Å². The van der Waals surface area contributed by atoms with Crippen LogP contribution in [0.2, 0.25) is 0 Å². The molecule has 1 aromatic rings. The van der Waals surface area contributed by atoms with Crippen LogP contribution in [0.1, 0.15) is 33.3 Å². The zero-order valence-corrected chi connectivity index (χ0v) is 13.8. The smallest absolute Gasteiger partial charge is 0.186 e. The van der Waals surface area contributed by atoms with E-state index in [0.717, 1.165) is 11.3 Å². The Morgan fingerprint density at radius 1 is 1.18 bits per heavy atom. The van der Waals surface area contributed by atoms with Crippen LogP contribution < -0.4 is 5.06 Å². The van der Waals surface area contributed by atoms with Gasteiger partial charge in [-0.15, -0.1) is 0 Å². The van der Waals surface area contributed by atoms with E-state index in [1.807, 2.05) is 24.3 Å². The first-order valence-electron chi connectivity index (χ1n) is 7.88. The Hall–Kier alpha value is -1.61. The molecule has 1 unspecified atom stereocenters. The second kappa shape index (κ2) is 7.59. The van der Waals surface area contributed by atoms with Crippen molar-refractivity contribution in [2.24, 2.45) is 11.8 Å². The molecular weight excluding hydrogens is 278 g/mol. The van der Waals surface area contributed by atoms with Crippen molar-refractivity contribution >= 4 is 11.6 Å². The molecule has 0 saturated carbocycles. The lowest BCUT2D eigenvalue weighted by Crippen LogP contribution is -2.44. The minimum absolute atomic E-state index is 0.386. The van der Waals surface area contributed by atoms with Crippen molar-refractivity contribution in [3.05, 3.63) is 35.4 Å². The third-order valence-corrected chi connectivity index (χ3v) is 3.39. The molecule has 4 heteroatoms. The normalized spacial score (nSPS) is 17.8. The lowest BCUT2D eigenvalue weighted by molar-refractivity contribution is -0.0374. The number of benzene rings is 1. The van der Waals surface area contributed by atoms with Crippen molar-refractivity contribution < 1.29 is 14.4 Å². The van der Waals surface area contributed by atoms with Crippen LogP contribution in [-0.4, -0.2) is 25.4 Å². The van der Waals surface area contributed by atoms with Gasteiger partial charge in [-0.2, -0.15) is 0 Å². The number of anilines is 1. The average Bonchev–Trinajstić information content (AvgIpc) is 2.49. The second-order valence-electron chi connectivity index (χ2n) is 6.53. The average molecular weight is 303 g/mol. The summed E-state index contributed by atoms with van der Waals surface area (Å²) in [6.07, 6.45) is 0.0674. The molecule has 0 aliphatic carbocycles. The van der Waals surface area contributed by atoms with Gasteiger partial charge in [-0.05, 0) is 23.5 Å². The van der Waals surface area contributed by atoms with Gasteiger partial charge < -0.3 is 4.74 Å². The first-order chi connectivity index (χ1) is 10.5. The van der Waals surface area contributed by atoms with Gasteiger partial charge in [0.15, 0.2) is 6.23 Å². The van der Waals surface area contributed by atoms with Gasteiger partial charge in [0.2, 0.25) is 0 Å². The maximum Gasteiger partial charge on any atom is 0.186 e. The molecule has 22 heavy (non-hydrogen) atoms. The molecule has 0 amide bonds. The number of ether oxygens (including phenoxy) is 1. The Morgan fingerprint density at radius 2 is 1.86 bits per heavy atom. The molecule has 0 aromatic heterocycles. The van der Waals surface area contributed by atoms with Gasteiger partial charge in [0.25, 0.3) is 0 Å². The highest BCUT2D eigenvalue weighted by molar-refractivity contribution is 5.65. The third-order valence-electron chi connectivity index (χ3n) is 3.39. The van der Waals surface area contributed by atoms with Crippen LogP contribution in [0.5, 0.6) is 0 Å². The minimum atomic E-state index is -0.492. The molecule has 4 nitrogen and oxygen atoms in total. The molecule has 1 aliphatic rings. The zero-order chi connectivity index (χ0) is 16.1. The van der Waals surface area contributed by atoms with E-state index in [9.17, 15) is 4.79 Å². The third kappa shape index (κ3) is 3.98. The van der Waals surface area contributed by atoms with Crippen molar-refractivity contribution in [3.8, 4) is 0 Å². The number of carbonyl (C=O) groups excluding carboxylic acids is 1. The summed E-state index contributed by atoms with van der Waals surface area (Å²) in [6, 6.07) is 7.96. The van der Waals surface area contributed by atoms with Crippen LogP contribution in [0.15, 0.2) is 29.8 Å². The molecule has 0 bridgehead atoms. The van der Waals surface area contributed by atoms with Crippen LogP contribution in [0, 0.1) is 11.8 Å². The molecule has 0 spiro atoms. The molecule has 0 saturated heterocycles. The number of hydroxylamine groups is 1. The van der Waals surface area contributed by atoms with Gasteiger partial charge in [-0.1, -0.05) is 45.9 Å². The predicted molar refractivity (Wildman–Crippen MR) is 87.2 cm³/mol. The summed E-state index contributed by atoms with van der Waals surface area (Å²) in [4.78, 5) is 17.3. The zero-order valence-electron chi connectivity index (χ0n) is 13.8. The first kappa shape index (κ1) is 16.8. The van der Waals surface area contributed by atoms with Crippen molar-refractivity contribution in [2.45, 2.75) is 40.3 Å². The fraction of sp³-hybridized carbons (Fsp3) is 0.556. The van der Waals surface area contributed by atoms with Crippen molar-refractivity contribution in [1.82, 2.24) is 0 Å². The number of hydrogen-bond donors (Lipinski definition) is 0. The number of nitrogens with zero attached hydrogens (tertiary/aromatic N) is 1. The van der Waals surface area contributed by atoms with Crippen molar-refractivity contribution in [1.29, 1.82) is 0 Å². The number of fused-ring (bicyclic) bond motifs is 1. The van der Waals surface area contributed by atoms with Gasteiger partial charge in [0.05, 0.1) is 24.5 Å². The largest absolute Gasteiger partial charge is 0.351 e. The first-order valence-corrected chi connectivity index (χ1v) is 7.88. The van der Waals surface area contributed by atoms with E-state index in [2.05, 4.69) is 33.6 Å². The van der Waals surface area contributed by atoms with Gasteiger partial charge >= 0.3 is 0 Å². The maximum absolute atomic E-state index is 11.4. The lowest BCUT2D eigenvalue weighted by Gasteiger charge is -2.38. The fourth-order valence-corrected chi connectivity index (χ4v) is 2.34. The number of hydrogen-bond acceptors (Lipinski definition) is 4. The van der Waals surface area contributed by atoms with Crippen LogP contribution in [0.4, 0.5) is 5.69 Å². The van der Waals surface area contributed by atoms with E-state index in [-0.39, 0.29) is 0 Å². The lowest BCUT2D eigenvalue weighted by atomic mass is 9.98. The highest BCUT2D eigenvalue weighted by Gasteiger charge is 2.33. The summed E-state index contributed by atoms with van der Waals surface area (Å²) in [5, 5.41) is 1.74. The Balaban J connectivity index is 2.31. The maximum atomic E-state index is 11.4. The van der Waals surface area contributed by atoms with E-state index < -0.39 is 6.23 Å². The SMILES string of the molecule is CC(C)COC1C(=C=O)Cc2ccccc2N1OCC(C)C. The standard InChI is InChI=1S/C18H25NO3/c1-13(2)11-21-18-16(10-20)9-15-7-5-6-8-17(15)19(18)22-12-14(3)4/h5-8,13-14,18H,9,11-12H2,1-4H3. The Morgan fingerprint density at radius 3 is 2.50 bits per heavy atom. The molecule has 0 radical (unpaired) electrons. The fourth-order valence-electron chi connectivity index (χ4n) is 2.34. The molecule has 1 heterocycles. The molecule has 1 aliphatic heterocycles. The van der Waals surface area contributed by atoms with Gasteiger partial charge in [-0.3, -0.25) is 4.84 Å². The van der Waals surface area contributed by atoms with Crippen LogP contribution in [0.25, 0.3) is 0 Å². The molecule has 1 aromatic carbocycles. The van der Waals surface area contributed by atoms with E-state index in [1.165, 1.54) is 0 Å². The Bertz CT molecular complexity index is 547. The summed E-state index contributed by atoms with van der Waals surface area (Å²) in [5.74, 6) is 2.83. The topological polar surface area (TPSA) is 38.8 Å². The van der Waals surface area contributed by atoms with E-state index >= 15 is 0 Å². The molecule has 2 rings (SSSR count). The summed E-state index contributed by atoms with van der Waals surface area (Å²) in [6.45, 7) is 9.49. The quantitative estimate of drug-likeness (QED) is 0.755. The van der Waals surface area contributed by atoms with Gasteiger partial charge in [0.1, 0.15) is 5.94 Å². The highest BCUT2D eigenvalue weighted by Crippen LogP contribution is 2.33. The van der Waals surface area contributed by atoms with E-state index in [0.29, 0.717) is 37.0 Å². The molecular formula is C18H25NO3. The monoisotopic (exact) mass is 303 g/mol. The van der Waals surface area contributed by atoms with E-state index in [4.69, 9.17) is 9.57 Å². The molecule has 0 N–H and O–H groups in total. The number of rotatable bonds is 6. The van der Waals surface area contributed by atoms with Crippen LogP contribution in [0.3, 0.4) is 0 Å². The highest BCUT2D eigenvalue weighted by atomic mass is 16.7. The van der Waals surface area contributed by atoms with Crippen LogP contribution in [-0.2, 0) is 20.8 Å². The summed E-state index contributed by atoms with van der Waals surface area (Å²) in [5.41, 5.74) is 2.62. The second-order valence-corrected chi connectivity index (χ2v) is 6.53. The molecule has 120 valence electrons. The Labute approximate surface area is 132 Å². The molecule has 1 atom stereocenters. The summed E-state index contributed by atoms with van der Waals surface area (Å²) >= 11 is 0. The van der Waals surface area contributed by atoms with Gasteiger partial charge in [0, 0.05) is 6.42 Å². The number of para-hydroxylation sites is 1. The summed E-state index contributed by atoms with van der Waals surface area (Å²) < 4.78 is 5.95. The van der Waals surface area contributed by atoms with Crippen molar-refractivity contribution in [3.63, 3.8) is 0 Å². The van der Waals surface area contributed by atoms with Crippen LogP contribution >= 0.6 is 0 Å².